The second-order valence-electron chi connectivity index (χ2n) is 5.98. The van der Waals surface area contributed by atoms with Gasteiger partial charge in [0.25, 0.3) is 5.91 Å². The van der Waals surface area contributed by atoms with Crippen LogP contribution in [0.1, 0.15) is 44.6 Å². The number of amides is 2. The predicted molar refractivity (Wildman–Crippen MR) is 85.7 cm³/mol. The molecule has 0 aliphatic heterocycles. The lowest BCUT2D eigenvalue weighted by atomic mass is 10.2. The molecule has 0 saturated carbocycles. The number of carbonyl (C=O) groups is 2. The molecule has 4 N–H and O–H groups in total. The van der Waals surface area contributed by atoms with Crippen molar-refractivity contribution in [2.45, 2.75) is 46.3 Å². The smallest absolute Gasteiger partial charge is 0.407 e. The van der Waals surface area contributed by atoms with E-state index in [1.807, 2.05) is 6.92 Å². The average molecular weight is 310 g/mol. The number of aryl methyl sites for hydroxylation is 1. The molecular formula is C15H26N4O3. The number of alkyl carbamates (subject to hydrolysis) is 1. The number of carbonyl (C=O) groups excluding carboxylic acids is 2. The van der Waals surface area contributed by atoms with Crippen molar-refractivity contribution in [1.29, 1.82) is 0 Å². The van der Waals surface area contributed by atoms with E-state index >= 15 is 0 Å². The van der Waals surface area contributed by atoms with E-state index in [0.29, 0.717) is 37.4 Å². The number of hydrogen-bond acceptors (Lipinski definition) is 4. The summed E-state index contributed by atoms with van der Waals surface area (Å²) >= 11 is 0. The van der Waals surface area contributed by atoms with E-state index in [4.69, 9.17) is 10.5 Å². The summed E-state index contributed by atoms with van der Waals surface area (Å²) in [6.45, 7) is 8.95. The van der Waals surface area contributed by atoms with E-state index in [0.717, 1.165) is 0 Å². The predicted octanol–water partition coefficient (Wildman–Crippen LogP) is 1.73. The number of nitrogens with zero attached hydrogens (tertiary/aromatic N) is 1. The molecule has 0 unspecified atom stereocenters. The van der Waals surface area contributed by atoms with Gasteiger partial charge in [0, 0.05) is 25.8 Å². The molecule has 1 rings (SSSR count). The third kappa shape index (κ3) is 6.07. The van der Waals surface area contributed by atoms with Crippen LogP contribution in [-0.2, 0) is 11.3 Å². The van der Waals surface area contributed by atoms with E-state index in [9.17, 15) is 9.59 Å². The van der Waals surface area contributed by atoms with Gasteiger partial charge < -0.3 is 25.7 Å². The zero-order valence-corrected chi connectivity index (χ0v) is 13.7. The van der Waals surface area contributed by atoms with Crippen molar-refractivity contribution in [2.24, 2.45) is 0 Å². The topological polar surface area (TPSA) is 98.4 Å². The zero-order valence-electron chi connectivity index (χ0n) is 13.7. The fourth-order valence-corrected chi connectivity index (χ4v) is 1.87. The van der Waals surface area contributed by atoms with Crippen molar-refractivity contribution >= 4 is 17.7 Å². The average Bonchev–Trinajstić information content (AvgIpc) is 2.77. The Hall–Kier alpha value is -2.18. The van der Waals surface area contributed by atoms with Crippen molar-refractivity contribution in [2.75, 3.05) is 18.8 Å². The van der Waals surface area contributed by atoms with Gasteiger partial charge in [-0.15, -0.1) is 0 Å². The molecule has 0 aliphatic carbocycles. The molecule has 1 aromatic rings. The molecular weight excluding hydrogens is 284 g/mol. The summed E-state index contributed by atoms with van der Waals surface area (Å²) in [5.74, 6) is -0.171. The highest BCUT2D eigenvalue weighted by Gasteiger charge is 2.15. The third-order valence-electron chi connectivity index (χ3n) is 2.80. The van der Waals surface area contributed by atoms with Gasteiger partial charge in [0.1, 0.15) is 11.3 Å². The number of ether oxygens (including phenoxy) is 1. The summed E-state index contributed by atoms with van der Waals surface area (Å²) < 4.78 is 6.91. The second-order valence-corrected chi connectivity index (χ2v) is 5.98. The maximum Gasteiger partial charge on any atom is 0.407 e. The molecule has 0 atom stereocenters. The highest BCUT2D eigenvalue weighted by molar-refractivity contribution is 5.93. The number of aromatic nitrogens is 1. The minimum atomic E-state index is -0.510. The van der Waals surface area contributed by atoms with E-state index in [2.05, 4.69) is 10.6 Å². The number of nitrogen functional groups attached to an aromatic ring is 1. The number of nitrogens with two attached hydrogens (primary N) is 1. The van der Waals surface area contributed by atoms with Gasteiger partial charge in [0.2, 0.25) is 0 Å². The van der Waals surface area contributed by atoms with Crippen LogP contribution >= 0.6 is 0 Å². The molecule has 0 spiro atoms. The first-order valence-corrected chi connectivity index (χ1v) is 7.43. The Kier molecular flexibility index (Phi) is 6.27. The third-order valence-corrected chi connectivity index (χ3v) is 2.80. The lowest BCUT2D eigenvalue weighted by Crippen LogP contribution is -2.34. The van der Waals surface area contributed by atoms with Gasteiger partial charge in [-0.05, 0) is 40.2 Å². The van der Waals surface area contributed by atoms with Crippen LogP contribution in [0.3, 0.4) is 0 Å². The lowest BCUT2D eigenvalue weighted by molar-refractivity contribution is 0.0527. The van der Waals surface area contributed by atoms with Crippen LogP contribution in [-0.4, -0.2) is 35.3 Å². The van der Waals surface area contributed by atoms with Gasteiger partial charge in [0.15, 0.2) is 0 Å². The first-order valence-electron chi connectivity index (χ1n) is 7.43. The molecule has 7 heteroatoms. The van der Waals surface area contributed by atoms with Crippen molar-refractivity contribution in [3.05, 3.63) is 18.0 Å². The fourth-order valence-electron chi connectivity index (χ4n) is 1.87. The minimum absolute atomic E-state index is 0.171. The molecule has 2 amide bonds. The summed E-state index contributed by atoms with van der Waals surface area (Å²) in [6.07, 6.45) is 1.90. The van der Waals surface area contributed by atoms with Crippen molar-refractivity contribution in [3.63, 3.8) is 0 Å². The SMILES string of the molecule is CCn1cc(N)cc1C(=O)NCCCNC(=O)OC(C)(C)C. The molecule has 0 aromatic carbocycles. The normalized spacial score (nSPS) is 11.1. The van der Waals surface area contributed by atoms with Gasteiger partial charge in [0.05, 0.1) is 5.69 Å². The molecule has 22 heavy (non-hydrogen) atoms. The maximum atomic E-state index is 12.0. The number of anilines is 1. The molecule has 1 aromatic heterocycles. The number of rotatable bonds is 6. The highest BCUT2D eigenvalue weighted by Crippen LogP contribution is 2.10. The number of nitrogens with one attached hydrogen (secondary N) is 2. The molecule has 0 fully saturated rings. The molecule has 0 bridgehead atoms. The Morgan fingerprint density at radius 3 is 2.50 bits per heavy atom. The highest BCUT2D eigenvalue weighted by atomic mass is 16.6. The summed E-state index contributed by atoms with van der Waals surface area (Å²) in [7, 11) is 0. The molecule has 124 valence electrons. The molecule has 0 aliphatic rings. The Labute approximate surface area is 131 Å². The van der Waals surface area contributed by atoms with Crippen LogP contribution < -0.4 is 16.4 Å². The van der Waals surface area contributed by atoms with Crippen LogP contribution in [0.15, 0.2) is 12.3 Å². The Morgan fingerprint density at radius 1 is 1.27 bits per heavy atom. The Morgan fingerprint density at radius 2 is 1.91 bits per heavy atom. The Balaban J connectivity index is 2.27. The Bertz CT molecular complexity index is 517. The standard InChI is InChI=1S/C15H26N4O3/c1-5-19-10-11(16)9-12(19)13(20)17-7-6-8-18-14(21)22-15(2,3)4/h9-10H,5-8,16H2,1-4H3,(H,17,20)(H,18,21). The van der Waals surface area contributed by atoms with Gasteiger partial charge in [-0.25, -0.2) is 4.79 Å². The lowest BCUT2D eigenvalue weighted by Gasteiger charge is -2.19. The minimum Gasteiger partial charge on any atom is -0.444 e. The zero-order chi connectivity index (χ0) is 16.8. The first kappa shape index (κ1) is 17.9. The second kappa shape index (κ2) is 7.72. The monoisotopic (exact) mass is 310 g/mol. The molecule has 0 saturated heterocycles. The van der Waals surface area contributed by atoms with E-state index in [-0.39, 0.29) is 5.91 Å². The summed E-state index contributed by atoms with van der Waals surface area (Å²) in [4.78, 5) is 23.4. The van der Waals surface area contributed by atoms with Crippen molar-refractivity contribution in [3.8, 4) is 0 Å². The van der Waals surface area contributed by atoms with Crippen LogP contribution in [0.25, 0.3) is 0 Å². The summed E-state index contributed by atoms with van der Waals surface area (Å²) in [6, 6.07) is 1.65. The quantitative estimate of drug-likeness (QED) is 0.697. The first-order chi connectivity index (χ1) is 10.2. The maximum absolute atomic E-state index is 12.0. The van der Waals surface area contributed by atoms with Crippen molar-refractivity contribution < 1.29 is 14.3 Å². The summed E-state index contributed by atoms with van der Waals surface area (Å²) in [5, 5.41) is 5.44. The van der Waals surface area contributed by atoms with Gasteiger partial charge in [-0.2, -0.15) is 0 Å². The van der Waals surface area contributed by atoms with Crippen LogP contribution in [0.5, 0.6) is 0 Å². The van der Waals surface area contributed by atoms with Crippen LogP contribution in [0, 0.1) is 0 Å². The van der Waals surface area contributed by atoms with Crippen LogP contribution in [0.4, 0.5) is 10.5 Å². The molecule has 1 heterocycles. The summed E-state index contributed by atoms with van der Waals surface area (Å²) in [5.41, 5.74) is 6.29. The van der Waals surface area contributed by atoms with Crippen molar-refractivity contribution in [1.82, 2.24) is 15.2 Å². The van der Waals surface area contributed by atoms with E-state index < -0.39 is 11.7 Å². The number of hydrogen-bond donors (Lipinski definition) is 3. The van der Waals surface area contributed by atoms with Crippen LogP contribution in [0.2, 0.25) is 0 Å². The van der Waals surface area contributed by atoms with Gasteiger partial charge in [-0.1, -0.05) is 0 Å². The van der Waals surface area contributed by atoms with Gasteiger partial charge >= 0.3 is 6.09 Å². The van der Waals surface area contributed by atoms with E-state index in [1.54, 1.807) is 37.6 Å². The van der Waals surface area contributed by atoms with Gasteiger partial charge in [-0.3, -0.25) is 4.79 Å². The molecule has 0 radical (unpaired) electrons. The van der Waals surface area contributed by atoms with E-state index in [1.165, 1.54) is 0 Å². The largest absolute Gasteiger partial charge is 0.444 e. The fraction of sp³-hybridized carbons (Fsp3) is 0.600. The molecule has 7 nitrogen and oxygen atoms in total.